The number of nitrogens with one attached hydrogen (secondary N) is 2. The lowest BCUT2D eigenvalue weighted by molar-refractivity contribution is -0.117. The first-order valence-corrected chi connectivity index (χ1v) is 12.7. The minimum atomic E-state index is -0.0561. The fraction of sp³-hybridized carbons (Fsp3) is 0.440. The van der Waals surface area contributed by atoms with Crippen LogP contribution in [0.3, 0.4) is 0 Å². The lowest BCUT2D eigenvalue weighted by Crippen LogP contribution is -2.33. The Morgan fingerprint density at radius 3 is 2.73 bits per heavy atom. The smallest absolute Gasteiger partial charge is 0.251 e. The maximum Gasteiger partial charge on any atom is 0.251 e. The number of benzene rings is 1. The van der Waals surface area contributed by atoms with Gasteiger partial charge in [0.15, 0.2) is 5.13 Å². The zero-order valence-electron chi connectivity index (χ0n) is 18.7. The first-order chi connectivity index (χ1) is 16.2. The van der Waals surface area contributed by atoms with Crippen LogP contribution >= 0.6 is 11.3 Å². The number of amides is 2. The highest BCUT2D eigenvalue weighted by molar-refractivity contribution is 7.22. The van der Waals surface area contributed by atoms with Gasteiger partial charge in [-0.05, 0) is 76.0 Å². The Morgan fingerprint density at radius 1 is 1.06 bits per heavy atom. The highest BCUT2D eigenvalue weighted by Crippen LogP contribution is 2.32. The predicted molar refractivity (Wildman–Crippen MR) is 131 cm³/mol. The molecule has 1 aromatic carbocycles. The van der Waals surface area contributed by atoms with Crippen LogP contribution in [0.15, 0.2) is 36.4 Å². The largest absolute Gasteiger partial charge is 0.352 e. The number of likely N-dealkylation sites (tertiary alicyclic amines) is 1. The van der Waals surface area contributed by atoms with E-state index < -0.39 is 0 Å². The lowest BCUT2D eigenvalue weighted by Gasteiger charge is -2.26. The number of piperidine rings is 1. The van der Waals surface area contributed by atoms with Crippen LogP contribution in [0.1, 0.15) is 48.9 Å². The summed E-state index contributed by atoms with van der Waals surface area (Å²) >= 11 is 1.38. The second-order valence-electron chi connectivity index (χ2n) is 8.90. The molecule has 0 radical (unpaired) electrons. The maximum atomic E-state index is 12.7. The minimum absolute atomic E-state index is 0.0453. The third kappa shape index (κ3) is 5.57. The number of hydrogen-bond acceptors (Lipinski definition) is 6. The minimum Gasteiger partial charge on any atom is -0.352 e. The SMILES string of the molecule is O=C(NCCCN1CCCCC1)c1cccc(-c2ccc3nc(NC(=O)C4CC4)sc3n2)c1. The molecule has 7 nitrogen and oxygen atoms in total. The molecule has 2 amide bonds. The number of carbonyl (C=O) groups is 2. The second kappa shape index (κ2) is 9.97. The Bertz CT molecular complexity index is 1150. The number of thiazole rings is 1. The summed E-state index contributed by atoms with van der Waals surface area (Å²) in [6.07, 6.45) is 6.80. The molecule has 3 heterocycles. The van der Waals surface area contributed by atoms with E-state index in [0.717, 1.165) is 47.4 Å². The van der Waals surface area contributed by atoms with Gasteiger partial charge >= 0.3 is 0 Å². The Labute approximate surface area is 197 Å². The number of rotatable bonds is 8. The molecule has 3 aromatic rings. The summed E-state index contributed by atoms with van der Waals surface area (Å²) in [6.45, 7) is 4.09. The number of hydrogen-bond donors (Lipinski definition) is 2. The highest BCUT2D eigenvalue weighted by Gasteiger charge is 2.30. The summed E-state index contributed by atoms with van der Waals surface area (Å²) in [5.74, 6) is 0.127. The fourth-order valence-corrected chi connectivity index (χ4v) is 5.03. The van der Waals surface area contributed by atoms with Crippen molar-refractivity contribution >= 4 is 38.6 Å². The third-order valence-electron chi connectivity index (χ3n) is 6.24. The van der Waals surface area contributed by atoms with E-state index >= 15 is 0 Å². The van der Waals surface area contributed by atoms with Crippen LogP contribution in [-0.2, 0) is 4.79 Å². The van der Waals surface area contributed by atoms with Gasteiger partial charge in [0.2, 0.25) is 5.91 Å². The first kappa shape index (κ1) is 22.0. The van der Waals surface area contributed by atoms with Crippen molar-refractivity contribution in [3.63, 3.8) is 0 Å². The normalized spacial score (nSPS) is 16.6. The van der Waals surface area contributed by atoms with Gasteiger partial charge in [0.05, 0.1) is 5.69 Å². The van der Waals surface area contributed by atoms with Crippen LogP contribution in [0.4, 0.5) is 5.13 Å². The van der Waals surface area contributed by atoms with E-state index in [1.807, 2.05) is 36.4 Å². The molecule has 8 heteroatoms. The Balaban J connectivity index is 1.21. The molecule has 0 spiro atoms. The van der Waals surface area contributed by atoms with Crippen molar-refractivity contribution in [3.05, 3.63) is 42.0 Å². The number of anilines is 1. The van der Waals surface area contributed by atoms with Crippen molar-refractivity contribution in [1.82, 2.24) is 20.2 Å². The van der Waals surface area contributed by atoms with E-state index in [-0.39, 0.29) is 17.7 Å². The van der Waals surface area contributed by atoms with Gasteiger partial charge in [-0.1, -0.05) is 29.9 Å². The zero-order valence-corrected chi connectivity index (χ0v) is 19.5. The number of aromatic nitrogens is 2. The van der Waals surface area contributed by atoms with Crippen molar-refractivity contribution in [2.75, 3.05) is 31.5 Å². The number of fused-ring (bicyclic) bond motifs is 1. The molecule has 1 saturated heterocycles. The summed E-state index contributed by atoms with van der Waals surface area (Å²) in [5, 5.41) is 6.53. The van der Waals surface area contributed by atoms with Crippen molar-refractivity contribution in [2.24, 2.45) is 5.92 Å². The van der Waals surface area contributed by atoms with Crippen LogP contribution in [-0.4, -0.2) is 52.9 Å². The maximum absolute atomic E-state index is 12.7. The third-order valence-corrected chi connectivity index (χ3v) is 7.12. The average molecular weight is 464 g/mol. The molecule has 2 N–H and O–H groups in total. The van der Waals surface area contributed by atoms with Crippen molar-refractivity contribution in [1.29, 1.82) is 0 Å². The molecule has 2 aromatic heterocycles. The summed E-state index contributed by atoms with van der Waals surface area (Å²) in [4.78, 5) is 37.1. The van der Waals surface area contributed by atoms with Crippen LogP contribution in [0, 0.1) is 5.92 Å². The topological polar surface area (TPSA) is 87.2 Å². The van der Waals surface area contributed by atoms with Gasteiger partial charge in [-0.25, -0.2) is 9.97 Å². The molecule has 172 valence electrons. The van der Waals surface area contributed by atoms with Crippen LogP contribution < -0.4 is 10.6 Å². The average Bonchev–Trinajstić information content (AvgIpc) is 3.62. The fourth-order valence-electron chi connectivity index (χ4n) is 4.19. The molecule has 0 atom stereocenters. The van der Waals surface area contributed by atoms with Crippen LogP contribution in [0.2, 0.25) is 0 Å². The molecule has 33 heavy (non-hydrogen) atoms. The summed E-state index contributed by atoms with van der Waals surface area (Å²) in [5.41, 5.74) is 3.06. The van der Waals surface area contributed by atoms with Gasteiger partial charge in [0.25, 0.3) is 5.91 Å². The Hall–Kier alpha value is -2.84. The molecule has 0 bridgehead atoms. The highest BCUT2D eigenvalue weighted by atomic mass is 32.1. The molecular formula is C25H29N5O2S. The molecule has 2 fully saturated rings. The molecule has 0 unspecified atom stereocenters. The molecule has 1 saturated carbocycles. The van der Waals surface area contributed by atoms with E-state index in [2.05, 4.69) is 20.5 Å². The second-order valence-corrected chi connectivity index (χ2v) is 9.87. The van der Waals surface area contributed by atoms with E-state index in [1.165, 1.54) is 43.7 Å². The van der Waals surface area contributed by atoms with Crippen molar-refractivity contribution < 1.29 is 9.59 Å². The summed E-state index contributed by atoms with van der Waals surface area (Å²) < 4.78 is 0. The van der Waals surface area contributed by atoms with E-state index in [4.69, 9.17) is 4.98 Å². The van der Waals surface area contributed by atoms with Gasteiger partial charge in [-0.3, -0.25) is 9.59 Å². The molecular weight excluding hydrogens is 434 g/mol. The van der Waals surface area contributed by atoms with Crippen molar-refractivity contribution in [2.45, 2.75) is 38.5 Å². The molecule has 5 rings (SSSR count). The summed E-state index contributed by atoms with van der Waals surface area (Å²) in [6, 6.07) is 11.4. The standard InChI is InChI=1S/C25H29N5O2S/c31-22(26-12-5-15-30-13-2-1-3-14-30)19-7-4-6-18(16-19)20-10-11-21-24(27-20)33-25(28-21)29-23(32)17-8-9-17/h4,6-7,10-11,16-17H,1-3,5,8-9,12-15H2,(H,26,31)(H,28,29,32). The van der Waals surface area contributed by atoms with Gasteiger partial charge in [-0.15, -0.1) is 0 Å². The van der Waals surface area contributed by atoms with E-state index in [1.54, 1.807) is 0 Å². The number of pyridine rings is 1. The predicted octanol–water partition coefficient (Wildman–Crippen LogP) is 4.31. The summed E-state index contributed by atoms with van der Waals surface area (Å²) in [7, 11) is 0. The quantitative estimate of drug-likeness (QED) is 0.486. The molecule has 2 aliphatic rings. The molecule has 1 aliphatic carbocycles. The van der Waals surface area contributed by atoms with Gasteiger partial charge in [0, 0.05) is 23.6 Å². The van der Waals surface area contributed by atoms with Crippen LogP contribution in [0.25, 0.3) is 21.6 Å². The number of nitrogens with zero attached hydrogens (tertiary/aromatic N) is 3. The van der Waals surface area contributed by atoms with Gasteiger partial charge in [-0.2, -0.15) is 0 Å². The van der Waals surface area contributed by atoms with E-state index in [9.17, 15) is 9.59 Å². The number of carbonyl (C=O) groups excluding carboxylic acids is 2. The Kier molecular flexibility index (Phi) is 6.64. The van der Waals surface area contributed by atoms with E-state index in [0.29, 0.717) is 17.2 Å². The molecule has 1 aliphatic heterocycles. The zero-order chi connectivity index (χ0) is 22.6. The first-order valence-electron chi connectivity index (χ1n) is 11.9. The Morgan fingerprint density at radius 2 is 1.91 bits per heavy atom. The van der Waals surface area contributed by atoms with Gasteiger partial charge in [0.1, 0.15) is 10.3 Å². The lowest BCUT2D eigenvalue weighted by atomic mass is 10.1. The van der Waals surface area contributed by atoms with Crippen LogP contribution in [0.5, 0.6) is 0 Å². The van der Waals surface area contributed by atoms with Gasteiger partial charge < -0.3 is 15.5 Å². The van der Waals surface area contributed by atoms with Crippen molar-refractivity contribution in [3.8, 4) is 11.3 Å². The monoisotopic (exact) mass is 463 g/mol.